The van der Waals surface area contributed by atoms with E-state index >= 15 is 0 Å². The van der Waals surface area contributed by atoms with E-state index in [1.807, 2.05) is 4.90 Å². The molecular formula is C15H23N3O3. The van der Waals surface area contributed by atoms with Crippen molar-refractivity contribution in [3.05, 3.63) is 12.2 Å². The maximum atomic E-state index is 12.2. The summed E-state index contributed by atoms with van der Waals surface area (Å²) < 4.78 is 0. The van der Waals surface area contributed by atoms with Gasteiger partial charge in [0.15, 0.2) is 0 Å². The van der Waals surface area contributed by atoms with Crippen LogP contribution in [0, 0.1) is 11.8 Å². The van der Waals surface area contributed by atoms with Crippen molar-refractivity contribution in [3.8, 4) is 0 Å². The molecule has 2 fully saturated rings. The molecule has 1 saturated carbocycles. The van der Waals surface area contributed by atoms with Crippen molar-refractivity contribution in [3.63, 3.8) is 0 Å². The zero-order valence-electron chi connectivity index (χ0n) is 12.2. The number of carboxylic acid groups (broad SMARTS) is 1. The van der Waals surface area contributed by atoms with Crippen LogP contribution in [0.1, 0.15) is 19.3 Å². The number of amides is 2. The number of carboxylic acids is 1. The largest absolute Gasteiger partial charge is 0.481 e. The third kappa shape index (κ3) is 3.75. The fourth-order valence-electron chi connectivity index (χ4n) is 3.04. The summed E-state index contributed by atoms with van der Waals surface area (Å²) in [7, 11) is 0. The molecular weight excluding hydrogens is 270 g/mol. The lowest BCUT2D eigenvalue weighted by Crippen LogP contribution is -2.53. The molecule has 1 heterocycles. The highest BCUT2D eigenvalue weighted by molar-refractivity contribution is 5.76. The molecule has 0 aromatic carbocycles. The molecule has 2 aliphatic carbocycles. The van der Waals surface area contributed by atoms with Gasteiger partial charge in [-0.15, -0.1) is 0 Å². The summed E-state index contributed by atoms with van der Waals surface area (Å²) in [4.78, 5) is 27.4. The first-order valence-corrected chi connectivity index (χ1v) is 7.81. The second-order valence-corrected chi connectivity index (χ2v) is 6.35. The quantitative estimate of drug-likeness (QED) is 0.750. The molecule has 2 atom stereocenters. The van der Waals surface area contributed by atoms with E-state index in [0.29, 0.717) is 6.42 Å². The first-order valence-electron chi connectivity index (χ1n) is 7.81. The summed E-state index contributed by atoms with van der Waals surface area (Å²) in [5.41, 5.74) is 0. The highest BCUT2D eigenvalue weighted by atomic mass is 16.4. The Labute approximate surface area is 124 Å². The summed E-state index contributed by atoms with van der Waals surface area (Å²) in [5, 5.41) is 11.9. The van der Waals surface area contributed by atoms with Gasteiger partial charge in [0.2, 0.25) is 0 Å². The Morgan fingerprint density at radius 2 is 1.86 bits per heavy atom. The van der Waals surface area contributed by atoms with Crippen molar-refractivity contribution in [2.45, 2.75) is 25.3 Å². The van der Waals surface area contributed by atoms with E-state index < -0.39 is 11.9 Å². The molecule has 0 bridgehead atoms. The molecule has 2 amide bonds. The number of carbonyl (C=O) groups excluding carboxylic acids is 1. The standard InChI is InChI=1S/C15H23N3O3/c19-14(20)12-3-4-13(9-12)16-15(21)18-7-5-17(6-8-18)10-11-1-2-11/h3-4,11-13H,1-2,5-10H2,(H,16,21)(H,19,20). The molecule has 0 aromatic heterocycles. The van der Waals surface area contributed by atoms with Gasteiger partial charge in [0.1, 0.15) is 0 Å². The first-order chi connectivity index (χ1) is 10.1. The maximum Gasteiger partial charge on any atom is 0.317 e. The van der Waals surface area contributed by atoms with Crippen molar-refractivity contribution in [1.29, 1.82) is 0 Å². The lowest BCUT2D eigenvalue weighted by atomic mass is 10.1. The van der Waals surface area contributed by atoms with Crippen LogP contribution < -0.4 is 5.32 Å². The summed E-state index contributed by atoms with van der Waals surface area (Å²) in [6.45, 7) is 4.60. The van der Waals surface area contributed by atoms with Crippen molar-refractivity contribution < 1.29 is 14.7 Å². The lowest BCUT2D eigenvalue weighted by molar-refractivity contribution is -0.140. The van der Waals surface area contributed by atoms with E-state index in [4.69, 9.17) is 5.11 Å². The van der Waals surface area contributed by atoms with E-state index in [1.54, 1.807) is 12.2 Å². The van der Waals surface area contributed by atoms with Crippen LogP contribution in [-0.2, 0) is 4.79 Å². The highest BCUT2D eigenvalue weighted by Crippen LogP contribution is 2.29. The highest BCUT2D eigenvalue weighted by Gasteiger charge is 2.29. The van der Waals surface area contributed by atoms with Gasteiger partial charge in [0.05, 0.1) is 12.0 Å². The molecule has 1 aliphatic heterocycles. The van der Waals surface area contributed by atoms with Gasteiger partial charge in [-0.2, -0.15) is 0 Å². The zero-order valence-corrected chi connectivity index (χ0v) is 12.2. The van der Waals surface area contributed by atoms with Crippen LogP contribution in [0.5, 0.6) is 0 Å². The number of nitrogens with one attached hydrogen (secondary N) is 1. The van der Waals surface area contributed by atoms with Crippen LogP contribution in [0.15, 0.2) is 12.2 Å². The molecule has 6 nitrogen and oxygen atoms in total. The lowest BCUT2D eigenvalue weighted by Gasteiger charge is -2.35. The number of aliphatic carboxylic acids is 1. The molecule has 1 saturated heterocycles. The van der Waals surface area contributed by atoms with Gasteiger partial charge in [-0.25, -0.2) is 4.79 Å². The van der Waals surface area contributed by atoms with Gasteiger partial charge in [-0.1, -0.05) is 12.2 Å². The average molecular weight is 293 g/mol. The number of hydrogen-bond donors (Lipinski definition) is 2. The smallest absolute Gasteiger partial charge is 0.317 e. The van der Waals surface area contributed by atoms with E-state index in [0.717, 1.165) is 32.1 Å². The predicted molar refractivity (Wildman–Crippen MR) is 77.9 cm³/mol. The van der Waals surface area contributed by atoms with Crippen LogP contribution in [0.25, 0.3) is 0 Å². The number of rotatable bonds is 4. The fourth-order valence-corrected chi connectivity index (χ4v) is 3.04. The van der Waals surface area contributed by atoms with Gasteiger partial charge in [0.25, 0.3) is 0 Å². The minimum Gasteiger partial charge on any atom is -0.481 e. The van der Waals surface area contributed by atoms with E-state index in [1.165, 1.54) is 19.4 Å². The maximum absolute atomic E-state index is 12.2. The van der Waals surface area contributed by atoms with Crippen molar-refractivity contribution in [1.82, 2.24) is 15.1 Å². The van der Waals surface area contributed by atoms with E-state index in [2.05, 4.69) is 10.2 Å². The van der Waals surface area contributed by atoms with Crippen LogP contribution in [0.4, 0.5) is 4.79 Å². The normalized spacial score (nSPS) is 29.6. The molecule has 0 aromatic rings. The molecule has 116 valence electrons. The van der Waals surface area contributed by atoms with Crippen LogP contribution in [-0.4, -0.2) is 65.7 Å². The molecule has 2 unspecified atom stereocenters. The Bertz CT molecular complexity index is 439. The minimum atomic E-state index is -0.823. The number of hydrogen-bond acceptors (Lipinski definition) is 3. The third-order valence-electron chi connectivity index (χ3n) is 4.58. The Hall–Kier alpha value is -1.56. The van der Waals surface area contributed by atoms with Crippen molar-refractivity contribution >= 4 is 12.0 Å². The Morgan fingerprint density at radius 1 is 1.14 bits per heavy atom. The van der Waals surface area contributed by atoms with Crippen molar-refractivity contribution in [2.24, 2.45) is 11.8 Å². The van der Waals surface area contributed by atoms with Crippen LogP contribution in [0.3, 0.4) is 0 Å². The van der Waals surface area contributed by atoms with E-state index in [-0.39, 0.29) is 12.1 Å². The number of nitrogens with zero attached hydrogens (tertiary/aromatic N) is 2. The third-order valence-corrected chi connectivity index (χ3v) is 4.58. The van der Waals surface area contributed by atoms with Gasteiger partial charge >= 0.3 is 12.0 Å². The molecule has 0 spiro atoms. The molecule has 2 N–H and O–H groups in total. The summed E-state index contributed by atoms with van der Waals surface area (Å²) in [5.74, 6) is -0.399. The predicted octanol–water partition coefficient (Wildman–Crippen LogP) is 0.753. The Kier molecular flexibility index (Phi) is 4.14. The van der Waals surface area contributed by atoms with Gasteiger partial charge < -0.3 is 15.3 Å². The first kappa shape index (κ1) is 14.4. The van der Waals surface area contributed by atoms with E-state index in [9.17, 15) is 9.59 Å². The average Bonchev–Trinajstić information content (AvgIpc) is 3.15. The van der Waals surface area contributed by atoms with Crippen LogP contribution >= 0.6 is 0 Å². The molecule has 21 heavy (non-hydrogen) atoms. The number of carbonyl (C=O) groups is 2. The van der Waals surface area contributed by atoms with Crippen molar-refractivity contribution in [2.75, 3.05) is 32.7 Å². The van der Waals surface area contributed by atoms with Gasteiger partial charge in [0, 0.05) is 32.7 Å². The summed E-state index contributed by atoms with van der Waals surface area (Å²) in [6, 6.07) is -0.218. The molecule has 6 heteroatoms. The van der Waals surface area contributed by atoms with Gasteiger partial charge in [-0.05, 0) is 25.2 Å². The Balaban J connectivity index is 1.40. The molecule has 3 rings (SSSR count). The number of piperazine rings is 1. The fraction of sp³-hybridized carbons (Fsp3) is 0.733. The van der Waals surface area contributed by atoms with Gasteiger partial charge in [-0.3, -0.25) is 9.69 Å². The Morgan fingerprint density at radius 3 is 2.43 bits per heavy atom. The zero-order chi connectivity index (χ0) is 14.8. The second-order valence-electron chi connectivity index (χ2n) is 6.35. The monoisotopic (exact) mass is 293 g/mol. The molecule has 0 radical (unpaired) electrons. The minimum absolute atomic E-state index is 0.0678. The number of urea groups is 1. The summed E-state index contributed by atoms with van der Waals surface area (Å²) >= 11 is 0. The SMILES string of the molecule is O=C(O)C1C=CC(NC(=O)N2CCN(CC3CC3)CC2)C1. The summed E-state index contributed by atoms with van der Waals surface area (Å²) in [6.07, 6.45) is 6.64. The van der Waals surface area contributed by atoms with Crippen LogP contribution in [0.2, 0.25) is 0 Å². The topological polar surface area (TPSA) is 72.9 Å². The second kappa shape index (κ2) is 6.05. The molecule has 3 aliphatic rings.